The van der Waals surface area contributed by atoms with E-state index in [0.29, 0.717) is 27.6 Å². The molecule has 2 heterocycles. The predicted molar refractivity (Wildman–Crippen MR) is 72.0 cm³/mol. The van der Waals surface area contributed by atoms with E-state index in [-0.39, 0.29) is 0 Å². The molecule has 0 aliphatic carbocycles. The molecule has 0 saturated carbocycles. The molecule has 0 amide bonds. The van der Waals surface area contributed by atoms with Crippen LogP contribution in [0.1, 0.15) is 0 Å². The van der Waals surface area contributed by atoms with Crippen LogP contribution in [-0.2, 0) is 11.3 Å². The topological polar surface area (TPSA) is 97.2 Å². The van der Waals surface area contributed by atoms with Gasteiger partial charge in [-0.3, -0.25) is 19.7 Å². The Morgan fingerprint density at radius 2 is 2.25 bits per heavy atom. The van der Waals surface area contributed by atoms with Gasteiger partial charge >= 0.3 is 5.97 Å². The summed E-state index contributed by atoms with van der Waals surface area (Å²) < 4.78 is 6.20. The first-order chi connectivity index (χ1) is 9.60. The second kappa shape index (κ2) is 4.37. The lowest BCUT2D eigenvalue weighted by atomic mass is 10.1. The van der Waals surface area contributed by atoms with Crippen molar-refractivity contribution >= 4 is 27.8 Å². The minimum Gasteiger partial charge on any atom is -0.497 e. The van der Waals surface area contributed by atoms with Gasteiger partial charge in [0.2, 0.25) is 0 Å². The number of pyridine rings is 1. The van der Waals surface area contributed by atoms with Gasteiger partial charge in [-0.2, -0.15) is 0 Å². The summed E-state index contributed by atoms with van der Waals surface area (Å²) in [6.45, 7) is -0.418. The maximum atomic E-state index is 12.1. The third kappa shape index (κ3) is 1.80. The Kier molecular flexibility index (Phi) is 2.67. The monoisotopic (exact) mass is 273 g/mol. The first-order valence-electron chi connectivity index (χ1n) is 5.87. The molecule has 0 bridgehead atoms. The van der Waals surface area contributed by atoms with Gasteiger partial charge in [0.15, 0.2) is 0 Å². The Balaban J connectivity index is 2.35. The second-order valence-corrected chi connectivity index (χ2v) is 4.33. The van der Waals surface area contributed by atoms with Crippen molar-refractivity contribution in [3.63, 3.8) is 0 Å². The summed E-state index contributed by atoms with van der Waals surface area (Å²) in [5.41, 5.74) is 0.849. The van der Waals surface area contributed by atoms with Gasteiger partial charge in [-0.05, 0) is 18.2 Å². The van der Waals surface area contributed by atoms with Crippen LogP contribution in [-0.4, -0.2) is 33.0 Å². The zero-order chi connectivity index (χ0) is 14.3. The molecule has 2 aromatic heterocycles. The number of hydrogen-bond donors (Lipinski definition) is 2. The zero-order valence-corrected chi connectivity index (χ0v) is 10.6. The van der Waals surface area contributed by atoms with Gasteiger partial charge in [0.1, 0.15) is 12.3 Å². The van der Waals surface area contributed by atoms with Crippen LogP contribution in [0.3, 0.4) is 0 Å². The van der Waals surface area contributed by atoms with Gasteiger partial charge in [-0.15, -0.1) is 0 Å². The van der Waals surface area contributed by atoms with E-state index in [1.54, 1.807) is 25.3 Å². The summed E-state index contributed by atoms with van der Waals surface area (Å²) in [5.74, 6) is -0.452. The van der Waals surface area contributed by atoms with Gasteiger partial charge < -0.3 is 9.84 Å². The average Bonchev–Trinajstić information content (AvgIpc) is 2.75. The van der Waals surface area contributed by atoms with Crippen molar-refractivity contribution in [1.29, 1.82) is 0 Å². The first kappa shape index (κ1) is 12.2. The number of methoxy groups -OCH3 is 1. The van der Waals surface area contributed by atoms with Gasteiger partial charge in [-0.1, -0.05) is 0 Å². The van der Waals surface area contributed by atoms with Crippen LogP contribution in [0, 0.1) is 0 Å². The number of carboxylic acids is 1. The first-order valence-corrected chi connectivity index (χ1v) is 5.87. The van der Waals surface area contributed by atoms with Gasteiger partial charge in [0, 0.05) is 11.6 Å². The number of nitrogens with zero attached hydrogens (tertiary/aromatic N) is 2. The Morgan fingerprint density at radius 1 is 1.45 bits per heavy atom. The number of benzene rings is 1. The molecule has 0 spiro atoms. The number of carbonyl (C=O) groups is 1. The minimum absolute atomic E-state index is 0.354. The predicted octanol–water partition coefficient (Wildman–Crippen LogP) is 0.971. The lowest BCUT2D eigenvalue weighted by molar-refractivity contribution is -0.137. The number of rotatable bonds is 3. The van der Waals surface area contributed by atoms with E-state index in [0.717, 1.165) is 4.68 Å². The molecule has 7 nitrogen and oxygen atoms in total. The maximum Gasteiger partial charge on any atom is 0.325 e. The third-order valence-corrected chi connectivity index (χ3v) is 3.09. The molecule has 102 valence electrons. The Labute approximate surface area is 112 Å². The summed E-state index contributed by atoms with van der Waals surface area (Å²) in [7, 11) is 1.55. The van der Waals surface area contributed by atoms with Crippen molar-refractivity contribution in [1.82, 2.24) is 14.8 Å². The molecular formula is C13H11N3O4. The lowest BCUT2D eigenvalue weighted by Crippen LogP contribution is -2.21. The summed E-state index contributed by atoms with van der Waals surface area (Å²) in [6, 6.07) is 5.31. The molecule has 0 aliphatic rings. The fourth-order valence-corrected chi connectivity index (χ4v) is 2.16. The van der Waals surface area contributed by atoms with Crippen molar-refractivity contribution in [3.8, 4) is 5.75 Å². The van der Waals surface area contributed by atoms with Gasteiger partial charge in [-0.25, -0.2) is 4.68 Å². The summed E-state index contributed by atoms with van der Waals surface area (Å²) in [4.78, 5) is 27.0. The molecule has 7 heteroatoms. The van der Waals surface area contributed by atoms with E-state index < -0.39 is 18.1 Å². The molecule has 0 atom stereocenters. The standard InChI is InChI=1S/C13H11N3O4/c1-20-7-2-3-10-8(4-7)12-9(5-14-10)13(19)16(15-12)6-11(17)18/h2-5,15H,6H2,1H3,(H,17,18). The number of carboxylic acid groups (broad SMARTS) is 1. The number of aliphatic carboxylic acids is 1. The van der Waals surface area contributed by atoms with Crippen LogP contribution in [0.2, 0.25) is 0 Å². The summed E-state index contributed by atoms with van der Waals surface area (Å²) in [5, 5.41) is 12.7. The van der Waals surface area contributed by atoms with Gasteiger partial charge in [0.05, 0.1) is 23.5 Å². The Hall–Kier alpha value is -2.83. The average molecular weight is 273 g/mol. The molecule has 1 aromatic carbocycles. The van der Waals surface area contributed by atoms with Crippen LogP contribution >= 0.6 is 0 Å². The fraction of sp³-hybridized carbons (Fsp3) is 0.154. The molecule has 0 saturated heterocycles. The van der Waals surface area contributed by atoms with Crippen LogP contribution in [0.25, 0.3) is 21.8 Å². The lowest BCUT2D eigenvalue weighted by Gasteiger charge is -2.02. The quantitative estimate of drug-likeness (QED) is 0.741. The number of ether oxygens (including phenoxy) is 1. The van der Waals surface area contributed by atoms with E-state index in [4.69, 9.17) is 9.84 Å². The van der Waals surface area contributed by atoms with Crippen LogP contribution in [0.4, 0.5) is 0 Å². The van der Waals surface area contributed by atoms with Gasteiger partial charge in [0.25, 0.3) is 5.56 Å². The SMILES string of the molecule is COc1ccc2ncc3c(=O)n(CC(=O)O)[nH]c3c2c1. The molecule has 20 heavy (non-hydrogen) atoms. The molecular weight excluding hydrogens is 262 g/mol. The summed E-state index contributed by atoms with van der Waals surface area (Å²) >= 11 is 0. The van der Waals surface area contributed by atoms with Crippen molar-refractivity contribution in [2.75, 3.05) is 7.11 Å². The second-order valence-electron chi connectivity index (χ2n) is 4.33. The highest BCUT2D eigenvalue weighted by Gasteiger charge is 2.12. The van der Waals surface area contributed by atoms with E-state index in [1.807, 2.05) is 0 Å². The minimum atomic E-state index is -1.09. The fourth-order valence-electron chi connectivity index (χ4n) is 2.16. The van der Waals surface area contributed by atoms with E-state index in [2.05, 4.69) is 10.1 Å². The number of H-pyrrole nitrogens is 1. The molecule has 0 fully saturated rings. The van der Waals surface area contributed by atoms with E-state index in [9.17, 15) is 9.59 Å². The number of aromatic nitrogens is 3. The molecule has 0 radical (unpaired) electrons. The number of hydrogen-bond acceptors (Lipinski definition) is 4. The largest absolute Gasteiger partial charge is 0.497 e. The van der Waals surface area contributed by atoms with E-state index in [1.165, 1.54) is 6.20 Å². The van der Waals surface area contributed by atoms with Crippen molar-refractivity contribution in [2.45, 2.75) is 6.54 Å². The highest BCUT2D eigenvalue weighted by Crippen LogP contribution is 2.24. The zero-order valence-electron chi connectivity index (χ0n) is 10.6. The smallest absolute Gasteiger partial charge is 0.325 e. The maximum absolute atomic E-state index is 12.1. The molecule has 2 N–H and O–H groups in total. The van der Waals surface area contributed by atoms with Crippen LogP contribution < -0.4 is 10.3 Å². The highest BCUT2D eigenvalue weighted by molar-refractivity contribution is 6.03. The van der Waals surface area contributed by atoms with E-state index >= 15 is 0 Å². The normalized spacial score (nSPS) is 11.1. The third-order valence-electron chi connectivity index (χ3n) is 3.09. The summed E-state index contributed by atoms with van der Waals surface area (Å²) in [6.07, 6.45) is 1.45. The Bertz CT molecular complexity index is 878. The number of aromatic amines is 1. The molecule has 3 aromatic rings. The van der Waals surface area contributed by atoms with Crippen molar-refractivity contribution in [3.05, 3.63) is 34.7 Å². The van der Waals surface area contributed by atoms with Crippen molar-refractivity contribution < 1.29 is 14.6 Å². The van der Waals surface area contributed by atoms with Crippen LogP contribution in [0.5, 0.6) is 5.75 Å². The highest BCUT2D eigenvalue weighted by atomic mass is 16.5. The van der Waals surface area contributed by atoms with Crippen LogP contribution in [0.15, 0.2) is 29.2 Å². The number of nitrogens with one attached hydrogen (secondary N) is 1. The molecule has 3 rings (SSSR count). The number of fused-ring (bicyclic) bond motifs is 3. The van der Waals surface area contributed by atoms with Crippen molar-refractivity contribution in [2.24, 2.45) is 0 Å². The molecule has 0 unspecified atom stereocenters. The Morgan fingerprint density at radius 3 is 2.95 bits per heavy atom. The molecule has 0 aliphatic heterocycles.